The van der Waals surface area contributed by atoms with E-state index in [0.717, 1.165) is 77.0 Å². The number of carbonyl (C=O) groups excluding carboxylic acids is 1. The summed E-state index contributed by atoms with van der Waals surface area (Å²) in [6, 6.07) is 0. The first-order valence-electron chi connectivity index (χ1n) is 10.1. The van der Waals surface area contributed by atoms with Gasteiger partial charge >= 0.3 is 0 Å². The molecule has 144 valence electrons. The zero-order chi connectivity index (χ0) is 18.1. The highest BCUT2D eigenvalue weighted by atomic mass is 16.1. The normalized spacial score (nSPS) is 21.5. The number of hydrogen-bond donors (Lipinski definition) is 2. The van der Waals surface area contributed by atoms with Crippen LogP contribution in [0.15, 0.2) is 4.99 Å². The highest BCUT2D eigenvalue weighted by Gasteiger charge is 2.22. The van der Waals surface area contributed by atoms with Crippen LogP contribution in [0.2, 0.25) is 0 Å². The number of rotatable bonds is 7. The van der Waals surface area contributed by atoms with E-state index < -0.39 is 0 Å². The molecule has 2 rings (SSSR count). The number of primary amides is 1. The standard InChI is InChI=1S/C19H37N5O/c1-3-21-19(24-14-6-16(2)7-15-24)22-10-4-5-11-23-12-8-17(9-13-23)18(20)25/h16-17H,3-15H2,1-2H3,(H2,20,25)(H,21,22). The Morgan fingerprint density at radius 2 is 1.80 bits per heavy atom. The number of nitrogens with two attached hydrogens (primary N) is 1. The molecule has 0 unspecified atom stereocenters. The summed E-state index contributed by atoms with van der Waals surface area (Å²) in [6.45, 7) is 11.7. The molecule has 2 heterocycles. The molecule has 0 aromatic carbocycles. The van der Waals surface area contributed by atoms with Gasteiger partial charge in [-0.05, 0) is 71.0 Å². The fourth-order valence-electron chi connectivity index (χ4n) is 3.72. The van der Waals surface area contributed by atoms with Gasteiger partial charge in [-0.1, -0.05) is 6.92 Å². The lowest BCUT2D eigenvalue weighted by atomic mass is 9.96. The summed E-state index contributed by atoms with van der Waals surface area (Å²) in [7, 11) is 0. The Balaban J connectivity index is 1.64. The van der Waals surface area contributed by atoms with Gasteiger partial charge in [0.05, 0.1) is 0 Å². The number of unbranched alkanes of at least 4 members (excludes halogenated alkanes) is 1. The summed E-state index contributed by atoms with van der Waals surface area (Å²) in [6.07, 6.45) is 6.67. The van der Waals surface area contributed by atoms with Gasteiger partial charge in [-0.25, -0.2) is 0 Å². The molecule has 0 saturated carbocycles. The molecule has 0 radical (unpaired) electrons. The molecule has 0 aliphatic carbocycles. The summed E-state index contributed by atoms with van der Waals surface area (Å²) < 4.78 is 0. The number of piperidine rings is 2. The smallest absolute Gasteiger partial charge is 0.220 e. The number of amides is 1. The Kier molecular flexibility index (Phi) is 8.52. The molecule has 0 spiro atoms. The number of nitrogens with one attached hydrogen (secondary N) is 1. The fourth-order valence-corrected chi connectivity index (χ4v) is 3.72. The van der Waals surface area contributed by atoms with Crippen LogP contribution in [0.3, 0.4) is 0 Å². The molecule has 1 amide bonds. The van der Waals surface area contributed by atoms with Crippen molar-refractivity contribution in [2.45, 2.75) is 52.4 Å². The maximum absolute atomic E-state index is 11.2. The Hall–Kier alpha value is -1.30. The molecule has 2 aliphatic rings. The Morgan fingerprint density at radius 1 is 1.12 bits per heavy atom. The zero-order valence-electron chi connectivity index (χ0n) is 16.2. The minimum atomic E-state index is -0.128. The summed E-state index contributed by atoms with van der Waals surface area (Å²) in [5.41, 5.74) is 5.39. The first-order valence-corrected chi connectivity index (χ1v) is 10.1. The van der Waals surface area contributed by atoms with E-state index in [2.05, 4.69) is 29.0 Å². The summed E-state index contributed by atoms with van der Waals surface area (Å²) in [5, 5.41) is 3.44. The van der Waals surface area contributed by atoms with Crippen molar-refractivity contribution in [2.24, 2.45) is 22.6 Å². The van der Waals surface area contributed by atoms with Gasteiger partial charge in [0.15, 0.2) is 5.96 Å². The summed E-state index contributed by atoms with van der Waals surface area (Å²) in [5.74, 6) is 1.90. The van der Waals surface area contributed by atoms with Crippen LogP contribution in [0.5, 0.6) is 0 Å². The third-order valence-corrected chi connectivity index (χ3v) is 5.55. The monoisotopic (exact) mass is 351 g/mol. The Morgan fingerprint density at radius 3 is 2.40 bits per heavy atom. The second-order valence-corrected chi connectivity index (χ2v) is 7.63. The van der Waals surface area contributed by atoms with Gasteiger partial charge in [-0.2, -0.15) is 0 Å². The predicted molar refractivity (Wildman–Crippen MR) is 104 cm³/mol. The number of nitrogens with zero attached hydrogens (tertiary/aromatic N) is 3. The van der Waals surface area contributed by atoms with E-state index in [1.54, 1.807) is 0 Å². The van der Waals surface area contributed by atoms with Gasteiger partial charge in [0, 0.05) is 32.1 Å². The van der Waals surface area contributed by atoms with Gasteiger partial charge in [-0.3, -0.25) is 9.79 Å². The van der Waals surface area contributed by atoms with E-state index in [1.807, 2.05) is 0 Å². The predicted octanol–water partition coefficient (Wildman–Crippen LogP) is 1.66. The third kappa shape index (κ3) is 6.84. The average Bonchev–Trinajstić information content (AvgIpc) is 2.61. The van der Waals surface area contributed by atoms with Crippen LogP contribution >= 0.6 is 0 Å². The van der Waals surface area contributed by atoms with E-state index in [4.69, 9.17) is 10.7 Å². The lowest BCUT2D eigenvalue weighted by Crippen LogP contribution is -2.45. The number of hydrogen-bond acceptors (Lipinski definition) is 3. The highest BCUT2D eigenvalue weighted by Crippen LogP contribution is 2.17. The Labute approximate surface area is 153 Å². The molecule has 2 fully saturated rings. The second kappa shape index (κ2) is 10.6. The van der Waals surface area contributed by atoms with E-state index in [1.165, 1.54) is 19.3 Å². The van der Waals surface area contributed by atoms with Gasteiger partial charge in [0.1, 0.15) is 0 Å². The van der Waals surface area contributed by atoms with Crippen LogP contribution in [0.1, 0.15) is 52.4 Å². The molecule has 6 nitrogen and oxygen atoms in total. The summed E-state index contributed by atoms with van der Waals surface area (Å²) in [4.78, 5) is 20.9. The Bertz CT molecular complexity index is 424. The van der Waals surface area contributed by atoms with Crippen molar-refractivity contribution in [2.75, 3.05) is 45.8 Å². The molecular weight excluding hydrogens is 314 g/mol. The van der Waals surface area contributed by atoms with Crippen molar-refractivity contribution in [3.05, 3.63) is 0 Å². The lowest BCUT2D eigenvalue weighted by Gasteiger charge is -2.33. The van der Waals surface area contributed by atoms with Gasteiger partial charge in [0.2, 0.25) is 5.91 Å². The molecule has 25 heavy (non-hydrogen) atoms. The molecule has 3 N–H and O–H groups in total. The maximum Gasteiger partial charge on any atom is 0.220 e. The van der Waals surface area contributed by atoms with E-state index in [9.17, 15) is 4.79 Å². The molecule has 0 atom stereocenters. The van der Waals surface area contributed by atoms with E-state index in [0.29, 0.717) is 0 Å². The van der Waals surface area contributed by atoms with Crippen LogP contribution in [0.4, 0.5) is 0 Å². The van der Waals surface area contributed by atoms with Crippen LogP contribution in [0.25, 0.3) is 0 Å². The van der Waals surface area contributed by atoms with Crippen LogP contribution in [0, 0.1) is 11.8 Å². The third-order valence-electron chi connectivity index (χ3n) is 5.55. The maximum atomic E-state index is 11.2. The van der Waals surface area contributed by atoms with E-state index >= 15 is 0 Å². The van der Waals surface area contributed by atoms with Crippen LogP contribution < -0.4 is 11.1 Å². The SMILES string of the molecule is CCNC(=NCCCCN1CCC(C(N)=O)CC1)N1CCC(C)CC1. The molecule has 0 aromatic heterocycles. The zero-order valence-corrected chi connectivity index (χ0v) is 16.2. The molecule has 6 heteroatoms. The van der Waals surface area contributed by atoms with Crippen molar-refractivity contribution < 1.29 is 4.79 Å². The number of guanidine groups is 1. The average molecular weight is 352 g/mol. The topological polar surface area (TPSA) is 74.0 Å². The first-order chi connectivity index (χ1) is 12.1. The van der Waals surface area contributed by atoms with Gasteiger partial charge < -0.3 is 20.9 Å². The van der Waals surface area contributed by atoms with Crippen molar-refractivity contribution in [3.8, 4) is 0 Å². The molecular formula is C19H37N5O. The molecule has 2 aliphatic heterocycles. The van der Waals surface area contributed by atoms with Gasteiger partial charge in [-0.15, -0.1) is 0 Å². The highest BCUT2D eigenvalue weighted by molar-refractivity contribution is 5.80. The van der Waals surface area contributed by atoms with Crippen LogP contribution in [-0.2, 0) is 4.79 Å². The minimum Gasteiger partial charge on any atom is -0.369 e. The van der Waals surface area contributed by atoms with Crippen molar-refractivity contribution in [3.63, 3.8) is 0 Å². The van der Waals surface area contributed by atoms with Gasteiger partial charge in [0.25, 0.3) is 0 Å². The molecule has 0 bridgehead atoms. The lowest BCUT2D eigenvalue weighted by molar-refractivity contribution is -0.123. The summed E-state index contributed by atoms with van der Waals surface area (Å²) >= 11 is 0. The largest absolute Gasteiger partial charge is 0.369 e. The quantitative estimate of drug-likeness (QED) is 0.416. The number of likely N-dealkylation sites (tertiary alicyclic amines) is 2. The van der Waals surface area contributed by atoms with Crippen molar-refractivity contribution in [1.82, 2.24) is 15.1 Å². The van der Waals surface area contributed by atoms with Crippen molar-refractivity contribution in [1.29, 1.82) is 0 Å². The number of aliphatic imine (C=N–C) groups is 1. The second-order valence-electron chi connectivity index (χ2n) is 7.63. The molecule has 2 saturated heterocycles. The van der Waals surface area contributed by atoms with Crippen LogP contribution in [-0.4, -0.2) is 67.5 Å². The van der Waals surface area contributed by atoms with E-state index in [-0.39, 0.29) is 11.8 Å². The molecule has 0 aromatic rings. The van der Waals surface area contributed by atoms with Crippen molar-refractivity contribution >= 4 is 11.9 Å². The first kappa shape index (κ1) is 20.0. The number of carbonyl (C=O) groups is 1. The fraction of sp³-hybridized carbons (Fsp3) is 0.895. The minimum absolute atomic E-state index is 0.0933.